The molecule has 0 radical (unpaired) electrons. The van der Waals surface area contributed by atoms with Gasteiger partial charge in [0.05, 0.1) is 23.5 Å². The van der Waals surface area contributed by atoms with Crippen molar-refractivity contribution in [3.05, 3.63) is 20.8 Å². The number of thiophene rings is 1. The van der Waals surface area contributed by atoms with E-state index in [0.29, 0.717) is 32.8 Å². The fourth-order valence-electron chi connectivity index (χ4n) is 1.66. The van der Waals surface area contributed by atoms with Crippen molar-refractivity contribution in [2.45, 2.75) is 6.54 Å². The molecule has 1 aliphatic rings. The predicted octanol–water partition coefficient (Wildman–Crippen LogP) is 1.46. The van der Waals surface area contributed by atoms with Crippen molar-refractivity contribution in [2.75, 3.05) is 32.8 Å². The van der Waals surface area contributed by atoms with Crippen LogP contribution in [-0.4, -0.2) is 43.7 Å². The fourth-order valence-corrected chi connectivity index (χ4v) is 3.12. The summed E-state index contributed by atoms with van der Waals surface area (Å²) in [6.07, 6.45) is 0. The quantitative estimate of drug-likeness (QED) is 0.914. The lowest BCUT2D eigenvalue weighted by atomic mass is 10.4. The summed E-state index contributed by atoms with van der Waals surface area (Å²) >= 11 is 5.10. The number of ether oxygens (including phenoxy) is 1. The molecule has 1 aromatic heterocycles. The molecule has 6 heteroatoms. The Balaban J connectivity index is 1.69. The van der Waals surface area contributed by atoms with Gasteiger partial charge in [0.1, 0.15) is 0 Å². The van der Waals surface area contributed by atoms with Crippen LogP contribution in [0.1, 0.15) is 4.88 Å². The van der Waals surface area contributed by atoms with Gasteiger partial charge in [-0.25, -0.2) is 0 Å². The zero-order chi connectivity index (χ0) is 12.1. The van der Waals surface area contributed by atoms with E-state index >= 15 is 0 Å². The molecule has 1 fully saturated rings. The first-order valence-electron chi connectivity index (χ1n) is 5.56. The highest BCUT2D eigenvalue weighted by atomic mass is 79.9. The first-order valence-corrected chi connectivity index (χ1v) is 7.17. The second-order valence-electron chi connectivity index (χ2n) is 3.80. The van der Waals surface area contributed by atoms with E-state index in [1.54, 1.807) is 11.3 Å². The van der Waals surface area contributed by atoms with E-state index in [1.807, 2.05) is 11.0 Å². The molecule has 1 saturated heterocycles. The van der Waals surface area contributed by atoms with Gasteiger partial charge in [-0.3, -0.25) is 4.79 Å². The van der Waals surface area contributed by atoms with E-state index in [9.17, 15) is 4.79 Å². The maximum absolute atomic E-state index is 11.8. The average Bonchev–Trinajstić information content (AvgIpc) is 2.76. The molecule has 2 heterocycles. The zero-order valence-electron chi connectivity index (χ0n) is 9.45. The summed E-state index contributed by atoms with van der Waals surface area (Å²) in [4.78, 5) is 14.9. The van der Waals surface area contributed by atoms with Crippen molar-refractivity contribution in [3.8, 4) is 0 Å². The van der Waals surface area contributed by atoms with Crippen LogP contribution in [0.4, 0.5) is 0 Å². The van der Waals surface area contributed by atoms with Gasteiger partial charge >= 0.3 is 0 Å². The highest BCUT2D eigenvalue weighted by molar-refractivity contribution is 9.11. The number of hydrogen-bond donors (Lipinski definition) is 1. The van der Waals surface area contributed by atoms with Crippen molar-refractivity contribution in [1.82, 2.24) is 10.2 Å². The number of nitrogens with zero attached hydrogens (tertiary/aromatic N) is 1. The summed E-state index contributed by atoms with van der Waals surface area (Å²) in [5.41, 5.74) is 0. The van der Waals surface area contributed by atoms with E-state index in [1.165, 1.54) is 4.88 Å². The first kappa shape index (κ1) is 13.0. The van der Waals surface area contributed by atoms with Crippen LogP contribution in [0.15, 0.2) is 15.9 Å². The maximum Gasteiger partial charge on any atom is 0.236 e. The van der Waals surface area contributed by atoms with Crippen molar-refractivity contribution in [3.63, 3.8) is 0 Å². The number of rotatable bonds is 4. The van der Waals surface area contributed by atoms with Crippen LogP contribution < -0.4 is 5.32 Å². The second-order valence-corrected chi connectivity index (χ2v) is 6.35. The molecule has 17 heavy (non-hydrogen) atoms. The largest absolute Gasteiger partial charge is 0.378 e. The highest BCUT2D eigenvalue weighted by Crippen LogP contribution is 2.21. The van der Waals surface area contributed by atoms with Gasteiger partial charge in [0.25, 0.3) is 0 Å². The van der Waals surface area contributed by atoms with Gasteiger partial charge in [-0.15, -0.1) is 11.3 Å². The molecule has 0 saturated carbocycles. The molecule has 1 N–H and O–H groups in total. The normalized spacial score (nSPS) is 16.2. The number of hydrogen-bond acceptors (Lipinski definition) is 4. The highest BCUT2D eigenvalue weighted by Gasteiger charge is 2.15. The number of halogens is 1. The number of amides is 1. The smallest absolute Gasteiger partial charge is 0.236 e. The molecule has 4 nitrogen and oxygen atoms in total. The molecule has 1 amide bonds. The summed E-state index contributed by atoms with van der Waals surface area (Å²) in [7, 11) is 0. The third kappa shape index (κ3) is 4.06. The molecule has 0 unspecified atom stereocenters. The van der Waals surface area contributed by atoms with E-state index in [0.717, 1.165) is 10.3 Å². The van der Waals surface area contributed by atoms with Gasteiger partial charge in [-0.2, -0.15) is 0 Å². The third-order valence-electron chi connectivity index (χ3n) is 2.57. The van der Waals surface area contributed by atoms with E-state index < -0.39 is 0 Å². The number of carbonyl (C=O) groups excluding carboxylic acids is 1. The van der Waals surface area contributed by atoms with Gasteiger partial charge in [-0.05, 0) is 28.1 Å². The van der Waals surface area contributed by atoms with Crippen LogP contribution in [0.25, 0.3) is 0 Å². The van der Waals surface area contributed by atoms with Gasteiger partial charge < -0.3 is 15.0 Å². The summed E-state index contributed by atoms with van der Waals surface area (Å²) in [6.45, 7) is 3.88. The minimum Gasteiger partial charge on any atom is -0.378 e. The summed E-state index contributed by atoms with van der Waals surface area (Å²) in [6, 6.07) is 4.08. The second kappa shape index (κ2) is 6.49. The van der Waals surface area contributed by atoms with Crippen LogP contribution in [0.3, 0.4) is 0 Å². The summed E-state index contributed by atoms with van der Waals surface area (Å²) in [5.74, 6) is 0.156. The van der Waals surface area contributed by atoms with Gasteiger partial charge in [0.15, 0.2) is 0 Å². The number of morpholine rings is 1. The average molecular weight is 319 g/mol. The Labute approximate surface area is 113 Å². The molecule has 0 aliphatic carbocycles. The van der Waals surface area contributed by atoms with E-state index in [2.05, 4.69) is 27.3 Å². The molecular formula is C11H15BrN2O2S. The van der Waals surface area contributed by atoms with Crippen molar-refractivity contribution >= 4 is 33.2 Å². The summed E-state index contributed by atoms with van der Waals surface area (Å²) < 4.78 is 6.33. The maximum atomic E-state index is 11.8. The summed E-state index contributed by atoms with van der Waals surface area (Å²) in [5, 5.41) is 3.17. The standard InChI is InChI=1S/C11H15BrN2O2S/c12-10-2-1-9(17-10)7-13-8-11(15)14-3-5-16-6-4-14/h1-2,13H,3-8H2. The fraction of sp³-hybridized carbons (Fsp3) is 0.545. The lowest BCUT2D eigenvalue weighted by Crippen LogP contribution is -2.44. The first-order chi connectivity index (χ1) is 8.25. The van der Waals surface area contributed by atoms with Crippen molar-refractivity contribution in [2.24, 2.45) is 0 Å². The van der Waals surface area contributed by atoms with E-state index in [-0.39, 0.29) is 5.91 Å². The number of nitrogens with one attached hydrogen (secondary N) is 1. The van der Waals surface area contributed by atoms with Crippen LogP contribution in [0.5, 0.6) is 0 Å². The van der Waals surface area contributed by atoms with Crippen LogP contribution in [-0.2, 0) is 16.1 Å². The van der Waals surface area contributed by atoms with Crippen LogP contribution in [0, 0.1) is 0 Å². The molecule has 0 spiro atoms. The molecule has 0 aromatic carbocycles. The SMILES string of the molecule is O=C(CNCc1ccc(Br)s1)N1CCOCC1. The lowest BCUT2D eigenvalue weighted by molar-refractivity contribution is -0.134. The van der Waals surface area contributed by atoms with E-state index in [4.69, 9.17) is 4.74 Å². The van der Waals surface area contributed by atoms with Crippen molar-refractivity contribution < 1.29 is 9.53 Å². The third-order valence-corrected chi connectivity index (χ3v) is 4.19. The van der Waals surface area contributed by atoms with Gasteiger partial charge in [0.2, 0.25) is 5.91 Å². The Hall–Kier alpha value is -0.430. The Morgan fingerprint density at radius 1 is 1.47 bits per heavy atom. The van der Waals surface area contributed by atoms with Crippen molar-refractivity contribution in [1.29, 1.82) is 0 Å². The predicted molar refractivity (Wildman–Crippen MR) is 71.1 cm³/mol. The minimum atomic E-state index is 0.156. The zero-order valence-corrected chi connectivity index (χ0v) is 11.8. The molecule has 1 aliphatic heterocycles. The Bertz CT molecular complexity index is 377. The topological polar surface area (TPSA) is 41.6 Å². The van der Waals surface area contributed by atoms with Gasteiger partial charge in [-0.1, -0.05) is 0 Å². The minimum absolute atomic E-state index is 0.156. The Kier molecular flexibility index (Phi) is 4.97. The lowest BCUT2D eigenvalue weighted by Gasteiger charge is -2.26. The molecule has 0 atom stereocenters. The molecule has 94 valence electrons. The Morgan fingerprint density at radius 3 is 2.88 bits per heavy atom. The van der Waals surface area contributed by atoms with Gasteiger partial charge in [0, 0.05) is 24.5 Å². The monoisotopic (exact) mass is 318 g/mol. The van der Waals surface area contributed by atoms with Crippen LogP contribution in [0.2, 0.25) is 0 Å². The molecule has 2 rings (SSSR count). The van der Waals surface area contributed by atoms with Crippen LogP contribution >= 0.6 is 27.3 Å². The molecule has 1 aromatic rings. The molecular weight excluding hydrogens is 304 g/mol. The Morgan fingerprint density at radius 2 is 2.24 bits per heavy atom. The molecule has 0 bridgehead atoms. The number of carbonyl (C=O) groups is 1.